The summed E-state index contributed by atoms with van der Waals surface area (Å²) in [6.45, 7) is 4.10. The molecule has 11 heteroatoms. The van der Waals surface area contributed by atoms with Crippen LogP contribution in [0.3, 0.4) is 0 Å². The average molecular weight is 484 g/mol. The van der Waals surface area contributed by atoms with Crippen molar-refractivity contribution in [1.29, 1.82) is 5.26 Å². The molecule has 1 aliphatic carbocycles. The molecule has 182 valence electrons. The summed E-state index contributed by atoms with van der Waals surface area (Å²) in [7, 11) is 0. The van der Waals surface area contributed by atoms with Crippen LogP contribution in [0, 0.1) is 11.3 Å². The van der Waals surface area contributed by atoms with Crippen molar-refractivity contribution in [2.75, 3.05) is 36.4 Å². The SMILES string of the molecule is N#Cc1ccc(CN2CCN(c3nc(NC4CC4)n4ncc(/C=C5\CC(=O)NC5=O)c4n3)CC2)cc1. The number of piperazine rings is 1. The second kappa shape index (κ2) is 9.05. The fourth-order valence-electron chi connectivity index (χ4n) is 4.49. The van der Waals surface area contributed by atoms with Gasteiger partial charge < -0.3 is 10.2 Å². The molecule has 0 unspecified atom stereocenters. The summed E-state index contributed by atoms with van der Waals surface area (Å²) < 4.78 is 1.67. The smallest absolute Gasteiger partial charge is 0.254 e. The summed E-state index contributed by atoms with van der Waals surface area (Å²) >= 11 is 0. The Kier molecular flexibility index (Phi) is 5.58. The van der Waals surface area contributed by atoms with Gasteiger partial charge in [0.25, 0.3) is 5.91 Å². The van der Waals surface area contributed by atoms with Crippen LogP contribution in [0.1, 0.15) is 36.0 Å². The van der Waals surface area contributed by atoms with Crippen molar-refractivity contribution in [3.05, 3.63) is 52.7 Å². The molecule has 0 spiro atoms. The van der Waals surface area contributed by atoms with Crippen molar-refractivity contribution in [2.24, 2.45) is 0 Å². The Bertz CT molecular complexity index is 1410. The fraction of sp³-hybridized carbons (Fsp3) is 0.360. The minimum absolute atomic E-state index is 0.0580. The van der Waals surface area contributed by atoms with Gasteiger partial charge in [0.15, 0.2) is 5.65 Å². The van der Waals surface area contributed by atoms with E-state index in [1.165, 1.54) is 5.56 Å². The molecule has 4 heterocycles. The normalized spacial score (nSPS) is 19.6. The number of amides is 2. The van der Waals surface area contributed by atoms with Crippen LogP contribution < -0.4 is 15.5 Å². The largest absolute Gasteiger partial charge is 0.351 e. The van der Waals surface area contributed by atoms with E-state index in [-0.39, 0.29) is 18.2 Å². The number of imide groups is 1. The van der Waals surface area contributed by atoms with E-state index < -0.39 is 0 Å². The highest BCUT2D eigenvalue weighted by molar-refractivity contribution is 6.15. The van der Waals surface area contributed by atoms with Gasteiger partial charge in [-0.2, -0.15) is 24.8 Å². The quantitative estimate of drug-likeness (QED) is 0.394. The van der Waals surface area contributed by atoms with Gasteiger partial charge in [0, 0.05) is 49.9 Å². The molecule has 6 rings (SSSR count). The number of nitriles is 1. The van der Waals surface area contributed by atoms with Crippen molar-refractivity contribution in [3.63, 3.8) is 0 Å². The van der Waals surface area contributed by atoms with E-state index in [1.807, 2.05) is 24.3 Å². The fourth-order valence-corrected chi connectivity index (χ4v) is 4.49. The van der Waals surface area contributed by atoms with Crippen molar-refractivity contribution in [2.45, 2.75) is 31.8 Å². The first-order valence-corrected chi connectivity index (χ1v) is 12.1. The molecule has 2 aromatic heterocycles. The molecule has 2 amide bonds. The number of rotatable bonds is 6. The molecule has 2 saturated heterocycles. The van der Waals surface area contributed by atoms with Crippen LogP contribution in [0.4, 0.5) is 11.9 Å². The van der Waals surface area contributed by atoms with Crippen LogP contribution in [0.15, 0.2) is 36.0 Å². The zero-order valence-electron chi connectivity index (χ0n) is 19.6. The zero-order chi connectivity index (χ0) is 24.6. The van der Waals surface area contributed by atoms with Crippen LogP contribution in [-0.4, -0.2) is 68.5 Å². The summed E-state index contributed by atoms with van der Waals surface area (Å²) in [5.41, 5.74) is 3.53. The lowest BCUT2D eigenvalue weighted by Gasteiger charge is -2.34. The first-order chi connectivity index (χ1) is 17.6. The second-order valence-corrected chi connectivity index (χ2v) is 9.40. The first-order valence-electron chi connectivity index (χ1n) is 12.1. The highest BCUT2D eigenvalue weighted by Gasteiger charge is 2.27. The zero-order valence-corrected chi connectivity index (χ0v) is 19.6. The topological polar surface area (TPSA) is 132 Å². The van der Waals surface area contributed by atoms with Crippen LogP contribution in [0.5, 0.6) is 0 Å². The predicted molar refractivity (Wildman–Crippen MR) is 132 cm³/mol. The van der Waals surface area contributed by atoms with Gasteiger partial charge in [0.05, 0.1) is 24.3 Å². The van der Waals surface area contributed by atoms with Crippen LogP contribution >= 0.6 is 0 Å². The van der Waals surface area contributed by atoms with Gasteiger partial charge in [-0.15, -0.1) is 0 Å². The first kappa shape index (κ1) is 22.2. The van der Waals surface area contributed by atoms with E-state index in [9.17, 15) is 9.59 Å². The minimum Gasteiger partial charge on any atom is -0.351 e. The third-order valence-electron chi connectivity index (χ3n) is 6.66. The van der Waals surface area contributed by atoms with Gasteiger partial charge in [0.2, 0.25) is 17.8 Å². The molecule has 0 atom stereocenters. The highest BCUT2D eigenvalue weighted by Crippen LogP contribution is 2.27. The number of hydrogen-bond acceptors (Lipinski definition) is 9. The molecule has 3 aliphatic rings. The maximum Gasteiger partial charge on any atom is 0.254 e. The van der Waals surface area contributed by atoms with Gasteiger partial charge in [-0.05, 0) is 36.6 Å². The summed E-state index contributed by atoms with van der Waals surface area (Å²) in [5.74, 6) is 0.584. The molecule has 11 nitrogen and oxygen atoms in total. The lowest BCUT2D eigenvalue weighted by Crippen LogP contribution is -2.46. The maximum absolute atomic E-state index is 12.1. The molecule has 2 aliphatic heterocycles. The molecule has 2 N–H and O–H groups in total. The number of carbonyl (C=O) groups excluding carboxylic acids is 2. The van der Waals surface area contributed by atoms with Gasteiger partial charge >= 0.3 is 0 Å². The van der Waals surface area contributed by atoms with Crippen LogP contribution in [0.2, 0.25) is 0 Å². The number of fused-ring (bicyclic) bond motifs is 1. The van der Waals surface area contributed by atoms with Gasteiger partial charge in [0.1, 0.15) is 0 Å². The van der Waals surface area contributed by atoms with E-state index >= 15 is 0 Å². The molecule has 36 heavy (non-hydrogen) atoms. The second-order valence-electron chi connectivity index (χ2n) is 9.40. The lowest BCUT2D eigenvalue weighted by molar-refractivity contribution is -0.124. The number of benzene rings is 1. The van der Waals surface area contributed by atoms with Gasteiger partial charge in [-0.1, -0.05) is 12.1 Å². The summed E-state index contributed by atoms with van der Waals surface area (Å²) in [6.07, 6.45) is 5.59. The molecule has 3 fully saturated rings. The average Bonchev–Trinajstić information content (AvgIpc) is 3.52. The minimum atomic E-state index is -0.372. The third kappa shape index (κ3) is 4.50. The van der Waals surface area contributed by atoms with E-state index in [0.29, 0.717) is 40.3 Å². The molecule has 1 aromatic carbocycles. The van der Waals surface area contributed by atoms with E-state index in [1.54, 1.807) is 16.8 Å². The number of anilines is 2. The summed E-state index contributed by atoms with van der Waals surface area (Å²) in [5, 5.41) is 19.2. The van der Waals surface area contributed by atoms with Crippen molar-refractivity contribution in [3.8, 4) is 6.07 Å². The summed E-state index contributed by atoms with van der Waals surface area (Å²) in [4.78, 5) is 37.9. The number of aromatic nitrogens is 4. The number of nitrogens with one attached hydrogen (secondary N) is 2. The third-order valence-corrected chi connectivity index (χ3v) is 6.66. The monoisotopic (exact) mass is 483 g/mol. The summed E-state index contributed by atoms with van der Waals surface area (Å²) in [6, 6.07) is 10.3. The molecular weight excluding hydrogens is 458 g/mol. The highest BCUT2D eigenvalue weighted by atomic mass is 16.2. The Morgan fingerprint density at radius 2 is 1.89 bits per heavy atom. The molecular formula is C25H25N9O2. The molecule has 0 radical (unpaired) electrons. The predicted octanol–water partition coefficient (Wildman–Crippen LogP) is 1.32. The van der Waals surface area contributed by atoms with Crippen LogP contribution in [0.25, 0.3) is 11.7 Å². The van der Waals surface area contributed by atoms with Gasteiger partial charge in [-0.25, -0.2) is 0 Å². The Morgan fingerprint density at radius 3 is 2.56 bits per heavy atom. The Hall–Kier alpha value is -4.30. The Morgan fingerprint density at radius 1 is 1.11 bits per heavy atom. The van der Waals surface area contributed by atoms with E-state index in [2.05, 4.69) is 31.6 Å². The number of nitrogens with zero attached hydrogens (tertiary/aromatic N) is 7. The van der Waals surface area contributed by atoms with Crippen LogP contribution in [-0.2, 0) is 16.1 Å². The lowest BCUT2D eigenvalue weighted by atomic mass is 10.1. The van der Waals surface area contributed by atoms with Crippen molar-refractivity contribution < 1.29 is 9.59 Å². The van der Waals surface area contributed by atoms with Crippen molar-refractivity contribution in [1.82, 2.24) is 29.8 Å². The molecule has 3 aromatic rings. The molecule has 1 saturated carbocycles. The van der Waals surface area contributed by atoms with Crippen molar-refractivity contribution >= 4 is 35.4 Å². The Balaban J connectivity index is 1.23. The van der Waals surface area contributed by atoms with E-state index in [0.717, 1.165) is 45.6 Å². The van der Waals surface area contributed by atoms with Gasteiger partial charge in [-0.3, -0.25) is 19.8 Å². The van der Waals surface area contributed by atoms with E-state index in [4.69, 9.17) is 15.2 Å². The number of carbonyl (C=O) groups is 2. The Labute approximate surface area is 207 Å². The molecule has 0 bridgehead atoms. The maximum atomic E-state index is 12.1. The standard InChI is InChI=1S/C25H25N9O2/c26-13-16-1-3-17(4-2-16)15-32-7-9-33(10-8-32)24-30-22-19(11-18-12-21(35)29-23(18)36)14-27-34(22)25(31-24)28-20-5-6-20/h1-4,11,14,20H,5-10,12,15H2,(H,28,30,31)(H,29,35,36)/b18-11+. The number of hydrogen-bond donors (Lipinski definition) is 2.